The summed E-state index contributed by atoms with van der Waals surface area (Å²) in [6, 6.07) is 5.58. The molecule has 0 N–H and O–H groups in total. The van der Waals surface area contributed by atoms with Crippen LogP contribution in [0.15, 0.2) is 30.6 Å². The normalized spacial score (nSPS) is 10.6. The Bertz CT molecular complexity index is 527. The first-order chi connectivity index (χ1) is 8.72. The number of hydrogen-bond acceptors (Lipinski definition) is 2. The van der Waals surface area contributed by atoms with Crippen molar-refractivity contribution in [2.75, 3.05) is 0 Å². The summed E-state index contributed by atoms with van der Waals surface area (Å²) in [5.74, 6) is 1.54. The fourth-order valence-electron chi connectivity index (χ4n) is 1.63. The summed E-state index contributed by atoms with van der Waals surface area (Å²) in [5.41, 5.74) is 1.02. The number of nitrogens with zero attached hydrogens (tertiary/aromatic N) is 2. The standard InChI is InChI=1S/C13H14BrClN2O/c1-2-5-17-9-12(8-16-17)18-13-4-3-11(15)6-10(13)7-14/h3-4,6,8-9H,2,5,7H2,1H3. The highest BCUT2D eigenvalue weighted by molar-refractivity contribution is 9.08. The molecule has 0 aliphatic heterocycles. The Morgan fingerprint density at radius 1 is 1.44 bits per heavy atom. The van der Waals surface area contributed by atoms with E-state index in [9.17, 15) is 0 Å². The lowest BCUT2D eigenvalue weighted by Gasteiger charge is -2.07. The second-order valence-corrected chi connectivity index (χ2v) is 4.92. The molecule has 0 aliphatic rings. The first-order valence-corrected chi connectivity index (χ1v) is 7.27. The molecule has 96 valence electrons. The maximum Gasteiger partial charge on any atom is 0.165 e. The molecule has 18 heavy (non-hydrogen) atoms. The fraction of sp³-hybridized carbons (Fsp3) is 0.308. The van der Waals surface area contributed by atoms with Crippen LogP contribution < -0.4 is 4.74 Å². The van der Waals surface area contributed by atoms with Gasteiger partial charge in [-0.25, -0.2) is 0 Å². The molecule has 0 radical (unpaired) electrons. The lowest BCUT2D eigenvalue weighted by molar-refractivity contribution is 0.476. The van der Waals surface area contributed by atoms with Crippen molar-refractivity contribution in [1.29, 1.82) is 0 Å². The molecule has 5 heteroatoms. The topological polar surface area (TPSA) is 27.1 Å². The third-order valence-corrected chi connectivity index (χ3v) is 3.30. The van der Waals surface area contributed by atoms with Crippen LogP contribution in [0.4, 0.5) is 0 Å². The van der Waals surface area contributed by atoms with Crippen LogP contribution >= 0.6 is 27.5 Å². The molecule has 0 unspecified atom stereocenters. The number of benzene rings is 1. The van der Waals surface area contributed by atoms with Gasteiger partial charge in [0, 0.05) is 22.5 Å². The molecule has 2 rings (SSSR count). The van der Waals surface area contributed by atoms with Crippen LogP contribution in [-0.2, 0) is 11.9 Å². The largest absolute Gasteiger partial charge is 0.454 e. The predicted molar refractivity (Wildman–Crippen MR) is 76.7 cm³/mol. The molecule has 0 amide bonds. The molecular weight excluding hydrogens is 316 g/mol. The molecule has 1 aromatic carbocycles. The van der Waals surface area contributed by atoms with Gasteiger partial charge in [0.15, 0.2) is 5.75 Å². The molecule has 0 atom stereocenters. The molecule has 3 nitrogen and oxygen atoms in total. The van der Waals surface area contributed by atoms with E-state index in [4.69, 9.17) is 16.3 Å². The summed E-state index contributed by atoms with van der Waals surface area (Å²) >= 11 is 9.38. The Balaban J connectivity index is 2.17. The van der Waals surface area contributed by atoms with Crippen molar-refractivity contribution in [2.45, 2.75) is 25.2 Å². The van der Waals surface area contributed by atoms with Crippen LogP contribution in [0.2, 0.25) is 5.02 Å². The zero-order valence-electron chi connectivity index (χ0n) is 10.1. The Kier molecular flexibility index (Phi) is 4.66. The zero-order chi connectivity index (χ0) is 13.0. The maximum atomic E-state index is 5.95. The van der Waals surface area contributed by atoms with Gasteiger partial charge in [0.05, 0.1) is 12.4 Å². The Morgan fingerprint density at radius 3 is 3.00 bits per heavy atom. The minimum Gasteiger partial charge on any atom is -0.454 e. The molecule has 0 saturated heterocycles. The van der Waals surface area contributed by atoms with Crippen molar-refractivity contribution in [2.24, 2.45) is 0 Å². The third-order valence-electron chi connectivity index (χ3n) is 2.46. The number of aryl methyl sites for hydroxylation is 1. The van der Waals surface area contributed by atoms with E-state index < -0.39 is 0 Å². The first kappa shape index (κ1) is 13.4. The maximum absolute atomic E-state index is 5.95. The summed E-state index contributed by atoms with van der Waals surface area (Å²) in [6.45, 7) is 3.01. The van der Waals surface area contributed by atoms with Crippen LogP contribution in [0, 0.1) is 0 Å². The number of alkyl halides is 1. The molecule has 1 heterocycles. The summed E-state index contributed by atoms with van der Waals surface area (Å²) in [7, 11) is 0. The van der Waals surface area contributed by atoms with Gasteiger partial charge in [0.25, 0.3) is 0 Å². The number of hydrogen-bond donors (Lipinski definition) is 0. The van der Waals surface area contributed by atoms with Gasteiger partial charge in [-0.05, 0) is 24.6 Å². The second kappa shape index (κ2) is 6.25. The molecule has 0 spiro atoms. The van der Waals surface area contributed by atoms with E-state index in [0.29, 0.717) is 10.4 Å². The number of rotatable bonds is 5. The fourth-order valence-corrected chi connectivity index (χ4v) is 2.26. The molecule has 0 fully saturated rings. The average molecular weight is 330 g/mol. The van der Waals surface area contributed by atoms with Crippen molar-refractivity contribution in [1.82, 2.24) is 9.78 Å². The number of halogens is 2. The van der Waals surface area contributed by atoms with E-state index in [2.05, 4.69) is 28.0 Å². The quantitative estimate of drug-likeness (QED) is 0.748. The minimum atomic E-state index is 0.700. The van der Waals surface area contributed by atoms with Crippen molar-refractivity contribution < 1.29 is 4.74 Å². The van der Waals surface area contributed by atoms with Crippen molar-refractivity contribution in [3.8, 4) is 11.5 Å². The van der Waals surface area contributed by atoms with Gasteiger partial charge in [-0.2, -0.15) is 5.10 Å². The van der Waals surface area contributed by atoms with Crippen molar-refractivity contribution in [3.63, 3.8) is 0 Å². The minimum absolute atomic E-state index is 0.700. The van der Waals surface area contributed by atoms with Gasteiger partial charge in [-0.1, -0.05) is 34.5 Å². The van der Waals surface area contributed by atoms with E-state index in [1.165, 1.54) is 0 Å². The van der Waals surface area contributed by atoms with E-state index in [1.807, 2.05) is 29.1 Å². The van der Waals surface area contributed by atoms with E-state index in [0.717, 1.165) is 30.0 Å². The monoisotopic (exact) mass is 328 g/mol. The van der Waals surface area contributed by atoms with Gasteiger partial charge in [-0.3, -0.25) is 4.68 Å². The molecule has 1 aromatic heterocycles. The molecule has 2 aromatic rings. The highest BCUT2D eigenvalue weighted by Crippen LogP contribution is 2.29. The Hall–Kier alpha value is -1.00. The first-order valence-electron chi connectivity index (χ1n) is 5.77. The highest BCUT2D eigenvalue weighted by atomic mass is 79.9. The van der Waals surface area contributed by atoms with Crippen LogP contribution in [0.3, 0.4) is 0 Å². The molecular formula is C13H14BrClN2O. The van der Waals surface area contributed by atoms with E-state index in [-0.39, 0.29) is 0 Å². The number of ether oxygens (including phenoxy) is 1. The van der Waals surface area contributed by atoms with Crippen LogP contribution in [0.1, 0.15) is 18.9 Å². The summed E-state index contributed by atoms with van der Waals surface area (Å²) in [4.78, 5) is 0. The second-order valence-electron chi connectivity index (χ2n) is 3.93. The van der Waals surface area contributed by atoms with Crippen LogP contribution in [0.5, 0.6) is 11.5 Å². The van der Waals surface area contributed by atoms with E-state index in [1.54, 1.807) is 6.20 Å². The lowest BCUT2D eigenvalue weighted by Crippen LogP contribution is -1.95. The van der Waals surface area contributed by atoms with Gasteiger partial charge < -0.3 is 4.74 Å². The molecule has 0 bridgehead atoms. The zero-order valence-corrected chi connectivity index (χ0v) is 12.4. The van der Waals surface area contributed by atoms with Gasteiger partial charge in [-0.15, -0.1) is 0 Å². The predicted octanol–water partition coefficient (Wildman–Crippen LogP) is 4.63. The average Bonchev–Trinajstić information content (AvgIpc) is 2.79. The lowest BCUT2D eigenvalue weighted by atomic mass is 10.2. The van der Waals surface area contributed by atoms with Gasteiger partial charge in [0.2, 0.25) is 0 Å². The van der Waals surface area contributed by atoms with Crippen LogP contribution in [-0.4, -0.2) is 9.78 Å². The summed E-state index contributed by atoms with van der Waals surface area (Å²) < 4.78 is 7.68. The smallest absolute Gasteiger partial charge is 0.165 e. The van der Waals surface area contributed by atoms with Gasteiger partial charge in [0.1, 0.15) is 5.75 Å². The van der Waals surface area contributed by atoms with E-state index >= 15 is 0 Å². The van der Waals surface area contributed by atoms with Crippen molar-refractivity contribution >= 4 is 27.5 Å². The van der Waals surface area contributed by atoms with Crippen molar-refractivity contribution in [3.05, 3.63) is 41.2 Å². The Labute approximate surface area is 120 Å². The number of aromatic nitrogens is 2. The summed E-state index contributed by atoms with van der Waals surface area (Å²) in [6.07, 6.45) is 4.67. The SMILES string of the molecule is CCCn1cc(Oc2ccc(Cl)cc2CBr)cn1. The third kappa shape index (κ3) is 3.27. The highest BCUT2D eigenvalue weighted by Gasteiger charge is 2.06. The summed E-state index contributed by atoms with van der Waals surface area (Å²) in [5, 5.41) is 5.64. The molecule has 0 aliphatic carbocycles. The van der Waals surface area contributed by atoms with Gasteiger partial charge >= 0.3 is 0 Å². The Morgan fingerprint density at radius 2 is 2.28 bits per heavy atom. The van der Waals surface area contributed by atoms with Crippen LogP contribution in [0.25, 0.3) is 0 Å². The molecule has 0 saturated carbocycles.